The number of hydrogen-bond donors (Lipinski definition) is 0. The lowest BCUT2D eigenvalue weighted by Crippen LogP contribution is -1.80. The van der Waals surface area contributed by atoms with E-state index in [1.165, 1.54) is 10.8 Å². The van der Waals surface area contributed by atoms with Crippen molar-refractivity contribution in [1.82, 2.24) is 5.16 Å². The van der Waals surface area contributed by atoms with Crippen LogP contribution in [0.4, 0.5) is 5.88 Å². The van der Waals surface area contributed by atoms with Gasteiger partial charge in [0.05, 0.1) is 5.69 Å². The van der Waals surface area contributed by atoms with Crippen molar-refractivity contribution in [2.24, 2.45) is 4.99 Å². The third-order valence-electron chi connectivity index (χ3n) is 2.73. The average molecular weight is 236 g/mol. The first-order chi connectivity index (χ1) is 8.81. The van der Waals surface area contributed by atoms with E-state index in [0.717, 1.165) is 11.3 Å². The standard InChI is InChI=1S/C15H12N2O/c1-11-8-15(18-17-11)16-10-12-6-7-13-4-2-3-5-14(13)9-12/h2-10H,1H3/b16-10+. The number of aromatic nitrogens is 1. The van der Waals surface area contributed by atoms with E-state index >= 15 is 0 Å². The van der Waals surface area contributed by atoms with Gasteiger partial charge in [0.15, 0.2) is 0 Å². The molecule has 0 aliphatic heterocycles. The quantitative estimate of drug-likeness (QED) is 0.633. The lowest BCUT2D eigenvalue weighted by molar-refractivity contribution is 0.425. The highest BCUT2D eigenvalue weighted by atomic mass is 16.5. The van der Waals surface area contributed by atoms with Crippen LogP contribution < -0.4 is 0 Å². The zero-order valence-corrected chi connectivity index (χ0v) is 10.00. The highest BCUT2D eigenvalue weighted by molar-refractivity contribution is 5.90. The molecule has 0 spiro atoms. The van der Waals surface area contributed by atoms with Gasteiger partial charge in [-0.3, -0.25) is 0 Å². The van der Waals surface area contributed by atoms with Gasteiger partial charge >= 0.3 is 0 Å². The van der Waals surface area contributed by atoms with Crippen molar-refractivity contribution < 1.29 is 4.52 Å². The molecule has 3 nitrogen and oxygen atoms in total. The number of rotatable bonds is 2. The first kappa shape index (κ1) is 10.7. The van der Waals surface area contributed by atoms with Gasteiger partial charge in [0.2, 0.25) is 0 Å². The van der Waals surface area contributed by atoms with E-state index < -0.39 is 0 Å². The molecule has 3 heteroatoms. The summed E-state index contributed by atoms with van der Waals surface area (Å²) in [7, 11) is 0. The molecule has 1 heterocycles. The minimum Gasteiger partial charge on any atom is -0.336 e. The molecule has 0 aliphatic rings. The lowest BCUT2D eigenvalue weighted by Gasteiger charge is -1.98. The molecule has 0 amide bonds. The van der Waals surface area contributed by atoms with Crippen molar-refractivity contribution in [3.8, 4) is 0 Å². The number of hydrogen-bond acceptors (Lipinski definition) is 3. The first-order valence-corrected chi connectivity index (χ1v) is 5.77. The van der Waals surface area contributed by atoms with Crippen LogP contribution in [0.5, 0.6) is 0 Å². The van der Waals surface area contributed by atoms with Crippen LogP contribution in [-0.2, 0) is 0 Å². The molecule has 88 valence electrons. The minimum atomic E-state index is 0.528. The molecule has 0 fully saturated rings. The maximum Gasteiger partial charge on any atom is 0.250 e. The predicted octanol–water partition coefficient (Wildman–Crippen LogP) is 3.89. The van der Waals surface area contributed by atoms with Gasteiger partial charge in [0.25, 0.3) is 5.88 Å². The molecular formula is C15H12N2O. The van der Waals surface area contributed by atoms with E-state index in [-0.39, 0.29) is 0 Å². The summed E-state index contributed by atoms with van der Waals surface area (Å²) in [6.45, 7) is 1.87. The number of benzene rings is 2. The van der Waals surface area contributed by atoms with Crippen molar-refractivity contribution in [2.45, 2.75) is 6.92 Å². The van der Waals surface area contributed by atoms with Crippen LogP contribution in [0.2, 0.25) is 0 Å². The molecular weight excluding hydrogens is 224 g/mol. The second-order valence-corrected chi connectivity index (χ2v) is 4.17. The third kappa shape index (κ3) is 2.15. The molecule has 0 N–H and O–H groups in total. The summed E-state index contributed by atoms with van der Waals surface area (Å²) < 4.78 is 5.03. The third-order valence-corrected chi connectivity index (χ3v) is 2.73. The molecule has 0 aliphatic carbocycles. The van der Waals surface area contributed by atoms with Crippen LogP contribution in [0.15, 0.2) is 58.0 Å². The molecule has 3 rings (SSSR count). The largest absolute Gasteiger partial charge is 0.336 e. The Kier molecular flexibility index (Phi) is 2.65. The van der Waals surface area contributed by atoms with Gasteiger partial charge < -0.3 is 4.52 Å². The van der Waals surface area contributed by atoms with Crippen molar-refractivity contribution >= 4 is 22.9 Å². The molecule has 1 aromatic heterocycles. The van der Waals surface area contributed by atoms with Gasteiger partial charge in [0.1, 0.15) is 0 Å². The zero-order chi connectivity index (χ0) is 12.4. The fourth-order valence-corrected chi connectivity index (χ4v) is 1.84. The SMILES string of the molecule is Cc1cc(/N=C/c2ccc3ccccc3c2)on1. The van der Waals surface area contributed by atoms with Crippen molar-refractivity contribution in [1.29, 1.82) is 0 Å². The highest BCUT2D eigenvalue weighted by Crippen LogP contribution is 2.16. The summed E-state index contributed by atoms with van der Waals surface area (Å²) >= 11 is 0. The Morgan fingerprint density at radius 2 is 1.89 bits per heavy atom. The van der Waals surface area contributed by atoms with Gasteiger partial charge in [-0.05, 0) is 29.3 Å². The highest BCUT2D eigenvalue weighted by Gasteiger charge is 1.97. The lowest BCUT2D eigenvalue weighted by atomic mass is 10.1. The van der Waals surface area contributed by atoms with Gasteiger partial charge in [-0.1, -0.05) is 41.6 Å². The van der Waals surface area contributed by atoms with E-state index in [1.807, 2.05) is 25.1 Å². The number of aryl methyl sites for hydroxylation is 1. The number of aliphatic imine (C=N–C) groups is 1. The molecule has 0 bridgehead atoms. The van der Waals surface area contributed by atoms with Gasteiger partial charge in [-0.2, -0.15) is 0 Å². The van der Waals surface area contributed by atoms with Crippen LogP contribution in [0.25, 0.3) is 10.8 Å². The van der Waals surface area contributed by atoms with Gasteiger partial charge in [-0.25, -0.2) is 4.99 Å². The van der Waals surface area contributed by atoms with E-state index in [4.69, 9.17) is 4.52 Å². The van der Waals surface area contributed by atoms with Crippen LogP contribution in [0.1, 0.15) is 11.3 Å². The number of fused-ring (bicyclic) bond motifs is 1. The molecule has 2 aromatic carbocycles. The van der Waals surface area contributed by atoms with Gasteiger partial charge in [-0.15, -0.1) is 0 Å². The summed E-state index contributed by atoms with van der Waals surface area (Å²) in [4.78, 5) is 4.25. The van der Waals surface area contributed by atoms with E-state index in [1.54, 1.807) is 12.3 Å². The first-order valence-electron chi connectivity index (χ1n) is 5.77. The Labute approximate surface area is 105 Å². The summed E-state index contributed by atoms with van der Waals surface area (Å²) in [5.74, 6) is 0.528. The maximum absolute atomic E-state index is 5.03. The molecule has 18 heavy (non-hydrogen) atoms. The summed E-state index contributed by atoms with van der Waals surface area (Å²) in [5.41, 5.74) is 1.88. The molecule has 0 unspecified atom stereocenters. The Balaban J connectivity index is 1.93. The van der Waals surface area contributed by atoms with E-state index in [0.29, 0.717) is 5.88 Å². The van der Waals surface area contributed by atoms with Crippen LogP contribution >= 0.6 is 0 Å². The maximum atomic E-state index is 5.03. The van der Waals surface area contributed by atoms with Crippen LogP contribution in [-0.4, -0.2) is 11.4 Å². The molecule has 0 saturated carbocycles. The summed E-state index contributed by atoms with van der Waals surface area (Å²) in [5, 5.41) is 6.22. The van der Waals surface area contributed by atoms with Crippen molar-refractivity contribution in [3.05, 3.63) is 59.8 Å². The van der Waals surface area contributed by atoms with Crippen LogP contribution in [0.3, 0.4) is 0 Å². The Morgan fingerprint density at radius 3 is 2.67 bits per heavy atom. The Morgan fingerprint density at radius 1 is 1.06 bits per heavy atom. The van der Waals surface area contributed by atoms with Crippen LogP contribution in [0, 0.1) is 6.92 Å². The predicted molar refractivity (Wildman–Crippen MR) is 72.4 cm³/mol. The minimum absolute atomic E-state index is 0.528. The second-order valence-electron chi connectivity index (χ2n) is 4.17. The van der Waals surface area contributed by atoms with E-state index in [2.05, 4.69) is 34.4 Å². The topological polar surface area (TPSA) is 38.4 Å². The van der Waals surface area contributed by atoms with Crippen molar-refractivity contribution in [2.75, 3.05) is 0 Å². The molecule has 3 aromatic rings. The Hall–Kier alpha value is -2.42. The smallest absolute Gasteiger partial charge is 0.250 e. The number of nitrogens with zero attached hydrogens (tertiary/aromatic N) is 2. The van der Waals surface area contributed by atoms with E-state index in [9.17, 15) is 0 Å². The summed E-state index contributed by atoms with van der Waals surface area (Å²) in [6.07, 6.45) is 1.78. The van der Waals surface area contributed by atoms with Gasteiger partial charge in [0, 0.05) is 12.3 Å². The van der Waals surface area contributed by atoms with Crippen molar-refractivity contribution in [3.63, 3.8) is 0 Å². The summed E-state index contributed by atoms with van der Waals surface area (Å²) in [6, 6.07) is 16.3. The molecule has 0 atom stereocenters. The normalized spacial score (nSPS) is 11.4. The molecule has 0 radical (unpaired) electrons. The monoisotopic (exact) mass is 236 g/mol. The average Bonchev–Trinajstić information content (AvgIpc) is 2.82. The molecule has 0 saturated heterocycles. The zero-order valence-electron chi connectivity index (χ0n) is 10.00. The Bertz CT molecular complexity index is 713. The second kappa shape index (κ2) is 4.45. The fourth-order valence-electron chi connectivity index (χ4n) is 1.84. The fraction of sp³-hybridized carbons (Fsp3) is 0.0667.